The standard InChI is InChI=1S/C10H9BrClF3/c1-4(2)8(12)7-5(11)3-6(13)9(14)10(7)15/h3-4,8H,1-2H3. The number of hydrogen-bond acceptors (Lipinski definition) is 0. The van der Waals surface area contributed by atoms with Gasteiger partial charge in [0, 0.05) is 10.0 Å². The summed E-state index contributed by atoms with van der Waals surface area (Å²) in [7, 11) is 0. The first-order valence-electron chi connectivity index (χ1n) is 4.33. The third kappa shape index (κ3) is 2.48. The van der Waals surface area contributed by atoms with Crippen LogP contribution in [-0.4, -0.2) is 0 Å². The molecule has 0 spiro atoms. The monoisotopic (exact) mass is 300 g/mol. The van der Waals surface area contributed by atoms with E-state index in [4.69, 9.17) is 11.6 Å². The molecule has 15 heavy (non-hydrogen) atoms. The second-order valence-corrected chi connectivity index (χ2v) is 4.85. The molecule has 0 aliphatic carbocycles. The molecular formula is C10H9BrClF3. The van der Waals surface area contributed by atoms with Crippen molar-refractivity contribution in [2.45, 2.75) is 19.2 Å². The van der Waals surface area contributed by atoms with Crippen LogP contribution in [0, 0.1) is 23.4 Å². The molecule has 0 saturated heterocycles. The van der Waals surface area contributed by atoms with Gasteiger partial charge in [0.15, 0.2) is 17.5 Å². The lowest BCUT2D eigenvalue weighted by Gasteiger charge is -2.16. The molecule has 0 aliphatic rings. The summed E-state index contributed by atoms with van der Waals surface area (Å²) in [6.07, 6.45) is 0. The summed E-state index contributed by atoms with van der Waals surface area (Å²) in [6, 6.07) is 0.880. The molecule has 0 aromatic heterocycles. The highest BCUT2D eigenvalue weighted by atomic mass is 79.9. The van der Waals surface area contributed by atoms with E-state index in [1.54, 1.807) is 13.8 Å². The summed E-state index contributed by atoms with van der Waals surface area (Å²) in [6.45, 7) is 3.54. The van der Waals surface area contributed by atoms with Gasteiger partial charge in [-0.2, -0.15) is 0 Å². The van der Waals surface area contributed by atoms with Crippen LogP contribution < -0.4 is 0 Å². The highest BCUT2D eigenvalue weighted by Gasteiger charge is 2.24. The molecule has 1 unspecified atom stereocenters. The highest BCUT2D eigenvalue weighted by molar-refractivity contribution is 9.10. The summed E-state index contributed by atoms with van der Waals surface area (Å²) in [5.41, 5.74) is -0.0365. The number of hydrogen-bond donors (Lipinski definition) is 0. The van der Waals surface area contributed by atoms with E-state index in [-0.39, 0.29) is 16.0 Å². The van der Waals surface area contributed by atoms with Crippen molar-refractivity contribution in [3.05, 3.63) is 33.6 Å². The zero-order valence-corrected chi connectivity index (χ0v) is 10.5. The van der Waals surface area contributed by atoms with Crippen molar-refractivity contribution in [1.29, 1.82) is 0 Å². The van der Waals surface area contributed by atoms with Gasteiger partial charge < -0.3 is 0 Å². The maximum absolute atomic E-state index is 13.4. The Labute approximate surface area is 99.6 Å². The van der Waals surface area contributed by atoms with Gasteiger partial charge in [-0.25, -0.2) is 13.2 Å². The Balaban J connectivity index is 3.36. The van der Waals surface area contributed by atoms with Gasteiger partial charge in [0.2, 0.25) is 0 Å². The molecule has 1 aromatic carbocycles. The Morgan fingerprint density at radius 2 is 1.73 bits per heavy atom. The minimum atomic E-state index is -1.49. The van der Waals surface area contributed by atoms with Gasteiger partial charge in [-0.05, 0) is 12.0 Å². The second kappa shape index (κ2) is 4.74. The molecule has 0 saturated carbocycles. The van der Waals surface area contributed by atoms with E-state index in [2.05, 4.69) is 15.9 Å². The van der Waals surface area contributed by atoms with Gasteiger partial charge in [-0.15, -0.1) is 11.6 Å². The molecule has 0 radical (unpaired) electrons. The summed E-state index contributed by atoms with van der Waals surface area (Å²) in [5.74, 6) is -4.02. The van der Waals surface area contributed by atoms with Crippen molar-refractivity contribution in [3.63, 3.8) is 0 Å². The summed E-state index contributed by atoms with van der Waals surface area (Å²) in [4.78, 5) is 0. The number of halogens is 5. The number of alkyl halides is 1. The lowest BCUT2D eigenvalue weighted by atomic mass is 10.0. The van der Waals surface area contributed by atoms with Crippen molar-refractivity contribution < 1.29 is 13.2 Å². The SMILES string of the molecule is CC(C)C(Cl)c1c(Br)cc(F)c(F)c1F. The lowest BCUT2D eigenvalue weighted by molar-refractivity contribution is 0.433. The van der Waals surface area contributed by atoms with Crippen molar-refractivity contribution in [2.75, 3.05) is 0 Å². The fourth-order valence-corrected chi connectivity index (χ4v) is 2.13. The first-order chi connectivity index (χ1) is 6.86. The van der Waals surface area contributed by atoms with Crippen LogP contribution in [0.3, 0.4) is 0 Å². The Morgan fingerprint density at radius 3 is 2.20 bits per heavy atom. The number of benzene rings is 1. The van der Waals surface area contributed by atoms with Crippen LogP contribution in [0.2, 0.25) is 0 Å². The van der Waals surface area contributed by atoms with E-state index in [0.717, 1.165) is 6.07 Å². The smallest absolute Gasteiger partial charge is 0.194 e. The van der Waals surface area contributed by atoms with Crippen LogP contribution in [0.4, 0.5) is 13.2 Å². The molecule has 1 rings (SSSR count). The van der Waals surface area contributed by atoms with Gasteiger partial charge in [0.1, 0.15) is 0 Å². The van der Waals surface area contributed by atoms with Crippen molar-refractivity contribution >= 4 is 27.5 Å². The Kier molecular flexibility index (Phi) is 4.06. The molecular weight excluding hydrogens is 292 g/mol. The molecule has 0 fully saturated rings. The molecule has 5 heteroatoms. The van der Waals surface area contributed by atoms with Crippen molar-refractivity contribution in [1.82, 2.24) is 0 Å². The maximum Gasteiger partial charge on any atom is 0.194 e. The van der Waals surface area contributed by atoms with Crippen LogP contribution in [0.5, 0.6) is 0 Å². The molecule has 84 valence electrons. The van der Waals surface area contributed by atoms with Crippen molar-refractivity contribution in [2.24, 2.45) is 5.92 Å². The normalized spacial score (nSPS) is 13.3. The van der Waals surface area contributed by atoms with Gasteiger partial charge in [0.05, 0.1) is 5.38 Å². The lowest BCUT2D eigenvalue weighted by Crippen LogP contribution is -2.06. The maximum atomic E-state index is 13.4. The van der Waals surface area contributed by atoms with Gasteiger partial charge in [-0.3, -0.25) is 0 Å². The summed E-state index contributed by atoms with van der Waals surface area (Å²) in [5, 5.41) is -0.700. The van der Waals surface area contributed by atoms with E-state index in [1.165, 1.54) is 0 Å². The van der Waals surface area contributed by atoms with E-state index in [9.17, 15) is 13.2 Å². The average molecular weight is 302 g/mol. The third-order valence-corrected chi connectivity index (χ3v) is 3.39. The zero-order chi connectivity index (χ0) is 11.7. The average Bonchev–Trinajstić information content (AvgIpc) is 2.14. The third-order valence-electron chi connectivity index (χ3n) is 2.01. The first kappa shape index (κ1) is 12.8. The molecule has 0 bridgehead atoms. The summed E-state index contributed by atoms with van der Waals surface area (Å²) < 4.78 is 39.3. The van der Waals surface area contributed by atoms with Crippen LogP contribution in [0.25, 0.3) is 0 Å². The van der Waals surface area contributed by atoms with Crippen LogP contribution in [-0.2, 0) is 0 Å². The van der Waals surface area contributed by atoms with E-state index in [1.807, 2.05) is 0 Å². The van der Waals surface area contributed by atoms with Gasteiger partial charge in [-0.1, -0.05) is 29.8 Å². The van der Waals surface area contributed by atoms with Crippen molar-refractivity contribution in [3.8, 4) is 0 Å². The second-order valence-electron chi connectivity index (χ2n) is 3.53. The molecule has 1 atom stereocenters. The fraction of sp³-hybridized carbons (Fsp3) is 0.400. The minimum Gasteiger partial charge on any atom is -0.204 e. The first-order valence-corrected chi connectivity index (χ1v) is 5.56. The molecule has 0 heterocycles. The highest BCUT2D eigenvalue weighted by Crippen LogP contribution is 2.37. The van der Waals surface area contributed by atoms with Crippen LogP contribution in [0.1, 0.15) is 24.8 Å². The zero-order valence-electron chi connectivity index (χ0n) is 8.12. The molecule has 0 nitrogen and oxygen atoms in total. The van der Waals surface area contributed by atoms with E-state index >= 15 is 0 Å². The van der Waals surface area contributed by atoms with Crippen LogP contribution in [0.15, 0.2) is 10.5 Å². The molecule has 0 aliphatic heterocycles. The Morgan fingerprint density at radius 1 is 1.20 bits per heavy atom. The number of rotatable bonds is 2. The largest absolute Gasteiger partial charge is 0.204 e. The van der Waals surface area contributed by atoms with E-state index in [0.29, 0.717) is 0 Å². The van der Waals surface area contributed by atoms with Gasteiger partial charge >= 0.3 is 0 Å². The molecule has 0 N–H and O–H groups in total. The topological polar surface area (TPSA) is 0 Å². The fourth-order valence-electron chi connectivity index (χ4n) is 1.17. The van der Waals surface area contributed by atoms with Crippen LogP contribution >= 0.6 is 27.5 Å². The predicted molar refractivity (Wildman–Crippen MR) is 57.4 cm³/mol. The van der Waals surface area contributed by atoms with Gasteiger partial charge in [0.25, 0.3) is 0 Å². The molecule has 0 amide bonds. The Hall–Kier alpha value is -0.220. The minimum absolute atomic E-state index is 0.0365. The Bertz CT molecular complexity index is 379. The summed E-state index contributed by atoms with van der Waals surface area (Å²) >= 11 is 8.89. The predicted octanol–water partition coefficient (Wildman–Crippen LogP) is 4.80. The van der Waals surface area contributed by atoms with E-state index < -0.39 is 22.8 Å². The molecule has 1 aromatic rings. The quantitative estimate of drug-likeness (QED) is 0.418.